The maximum absolute atomic E-state index is 8.89. The number of aromatic nitrogens is 2. The number of hydrogen-bond donors (Lipinski definition) is 3. The molecule has 1 aromatic rings. The van der Waals surface area contributed by atoms with Crippen molar-refractivity contribution in [1.82, 2.24) is 4.57 Å². The summed E-state index contributed by atoms with van der Waals surface area (Å²) < 4.78 is 4.91. The third-order valence-corrected chi connectivity index (χ3v) is 6.44. The van der Waals surface area contributed by atoms with Gasteiger partial charge >= 0.3 is 0 Å². The van der Waals surface area contributed by atoms with Crippen LogP contribution in [0.3, 0.4) is 0 Å². The van der Waals surface area contributed by atoms with Crippen LogP contribution in [0.25, 0.3) is 0 Å². The molecular formula is C27H53N2O3+. The van der Waals surface area contributed by atoms with Crippen LogP contribution < -0.4 is 4.57 Å². The molecular weight excluding hydrogens is 400 g/mol. The first-order valence-corrected chi connectivity index (χ1v) is 13.7. The van der Waals surface area contributed by atoms with Gasteiger partial charge in [-0.05, 0) is 51.4 Å². The van der Waals surface area contributed by atoms with Crippen molar-refractivity contribution < 1.29 is 19.9 Å². The van der Waals surface area contributed by atoms with E-state index in [4.69, 9.17) is 15.3 Å². The van der Waals surface area contributed by atoms with E-state index in [-0.39, 0.29) is 0 Å². The average Bonchev–Trinajstić information content (AvgIpc) is 3.19. The number of aliphatic hydroxyl groups excluding tert-OH is 3. The lowest BCUT2D eigenvalue weighted by Crippen LogP contribution is -2.31. The molecule has 3 N–H and O–H groups in total. The van der Waals surface area contributed by atoms with Crippen LogP contribution in [0, 0.1) is 0 Å². The largest absolute Gasteiger partial charge is 0.396 e. The van der Waals surface area contributed by atoms with Crippen LogP contribution in [0.2, 0.25) is 0 Å². The zero-order valence-corrected chi connectivity index (χ0v) is 20.9. The Hall–Kier alpha value is -0.910. The Morgan fingerprint density at radius 1 is 0.531 bits per heavy atom. The molecule has 32 heavy (non-hydrogen) atoms. The molecule has 0 amide bonds. The highest BCUT2D eigenvalue weighted by atomic mass is 16.3. The smallest absolute Gasteiger partial charge is 0.243 e. The van der Waals surface area contributed by atoms with Gasteiger partial charge in [0.1, 0.15) is 11.9 Å². The van der Waals surface area contributed by atoms with Crippen molar-refractivity contribution in [2.45, 2.75) is 135 Å². The van der Waals surface area contributed by atoms with Gasteiger partial charge in [0.2, 0.25) is 6.33 Å². The summed E-state index contributed by atoms with van der Waals surface area (Å²) in [5.41, 5.74) is 1.49. The predicted molar refractivity (Wildman–Crippen MR) is 133 cm³/mol. The molecule has 0 saturated carbocycles. The molecule has 0 saturated heterocycles. The Morgan fingerprint density at radius 2 is 0.969 bits per heavy atom. The first-order chi connectivity index (χ1) is 15.8. The van der Waals surface area contributed by atoms with Crippen molar-refractivity contribution in [2.75, 3.05) is 19.8 Å². The van der Waals surface area contributed by atoms with E-state index < -0.39 is 0 Å². The predicted octanol–water partition coefficient (Wildman–Crippen LogP) is 5.32. The van der Waals surface area contributed by atoms with E-state index in [9.17, 15) is 0 Å². The second-order valence-electron chi connectivity index (χ2n) is 9.45. The van der Waals surface area contributed by atoms with E-state index >= 15 is 0 Å². The number of nitrogens with zero attached hydrogens (tertiary/aromatic N) is 2. The zero-order valence-electron chi connectivity index (χ0n) is 20.9. The summed E-state index contributed by atoms with van der Waals surface area (Å²) >= 11 is 0. The monoisotopic (exact) mass is 453 g/mol. The number of rotatable bonds is 24. The minimum absolute atomic E-state index is 0.330. The van der Waals surface area contributed by atoms with E-state index in [2.05, 4.69) is 21.7 Å². The second kappa shape index (κ2) is 21.9. The lowest BCUT2D eigenvalue weighted by molar-refractivity contribution is -0.697. The molecule has 1 aromatic heterocycles. The van der Waals surface area contributed by atoms with Crippen LogP contribution in [0.1, 0.15) is 121 Å². The molecule has 1 heterocycles. The average molecular weight is 454 g/mol. The second-order valence-corrected chi connectivity index (χ2v) is 9.45. The quantitative estimate of drug-likeness (QED) is 0.147. The molecule has 0 fully saturated rings. The molecule has 188 valence electrons. The standard InChI is InChI=1S/C27H53N2O3/c30-22-16-10-4-1-7-13-19-27-25-28(20-14-8-2-5-11-17-23-31)26-29(27)21-15-9-3-6-12-18-24-32/h25-26,30-32H,1-24H2/q+1. The number of imidazole rings is 1. The van der Waals surface area contributed by atoms with Crippen molar-refractivity contribution in [2.24, 2.45) is 0 Å². The fraction of sp³-hybridized carbons (Fsp3) is 0.889. The van der Waals surface area contributed by atoms with Crippen LogP contribution in [0.5, 0.6) is 0 Å². The number of unbranched alkanes of at least 4 members (excludes halogenated alkanes) is 15. The molecule has 0 spiro atoms. The summed E-state index contributed by atoms with van der Waals surface area (Å²) in [4.78, 5) is 0. The van der Waals surface area contributed by atoms with Crippen LogP contribution in [0.4, 0.5) is 0 Å². The third-order valence-electron chi connectivity index (χ3n) is 6.44. The normalized spacial score (nSPS) is 11.5. The van der Waals surface area contributed by atoms with Gasteiger partial charge < -0.3 is 15.3 Å². The maximum atomic E-state index is 8.89. The first kappa shape index (κ1) is 29.1. The third kappa shape index (κ3) is 15.8. The van der Waals surface area contributed by atoms with Gasteiger partial charge in [-0.2, -0.15) is 0 Å². The van der Waals surface area contributed by atoms with Gasteiger partial charge in [0.15, 0.2) is 0 Å². The minimum atomic E-state index is 0.330. The molecule has 0 aromatic carbocycles. The number of hydrogen-bond acceptors (Lipinski definition) is 3. The summed E-state index contributed by atoms with van der Waals surface area (Å²) in [6.07, 6.45) is 27.4. The Labute approximate surface area is 197 Å². The van der Waals surface area contributed by atoms with Crippen molar-refractivity contribution in [3.63, 3.8) is 0 Å². The van der Waals surface area contributed by atoms with Crippen molar-refractivity contribution in [1.29, 1.82) is 0 Å². The molecule has 0 atom stereocenters. The van der Waals surface area contributed by atoms with E-state index in [0.29, 0.717) is 19.8 Å². The van der Waals surface area contributed by atoms with Crippen molar-refractivity contribution in [3.05, 3.63) is 18.2 Å². The molecule has 0 aliphatic rings. The SMILES string of the molecule is OCCCCCCCCc1c[n+](CCCCCCCCO)cn1CCCCCCCCO. The summed E-state index contributed by atoms with van der Waals surface area (Å²) in [6, 6.07) is 0. The van der Waals surface area contributed by atoms with Crippen LogP contribution >= 0.6 is 0 Å². The molecule has 0 aliphatic heterocycles. The summed E-state index contributed by atoms with van der Waals surface area (Å²) in [5.74, 6) is 0. The van der Waals surface area contributed by atoms with Crippen LogP contribution in [0.15, 0.2) is 12.5 Å². The number of aryl methyl sites for hydroxylation is 3. The minimum Gasteiger partial charge on any atom is -0.396 e. The summed E-state index contributed by atoms with van der Waals surface area (Å²) in [6.45, 7) is 3.23. The molecule has 0 bridgehead atoms. The van der Waals surface area contributed by atoms with Gasteiger partial charge in [0.25, 0.3) is 0 Å². The van der Waals surface area contributed by atoms with Crippen LogP contribution in [-0.4, -0.2) is 39.7 Å². The maximum Gasteiger partial charge on any atom is 0.243 e. The van der Waals surface area contributed by atoms with Gasteiger partial charge in [-0.1, -0.05) is 64.2 Å². The van der Waals surface area contributed by atoms with Crippen LogP contribution in [-0.2, 0) is 19.5 Å². The van der Waals surface area contributed by atoms with Crippen molar-refractivity contribution >= 4 is 0 Å². The summed E-state index contributed by atoms with van der Waals surface area (Å²) in [7, 11) is 0. The Kier molecular flexibility index (Phi) is 19.9. The van der Waals surface area contributed by atoms with E-state index in [1.807, 2.05) is 0 Å². The lowest BCUT2D eigenvalue weighted by atomic mass is 10.1. The first-order valence-electron chi connectivity index (χ1n) is 13.7. The highest BCUT2D eigenvalue weighted by molar-refractivity contribution is 4.94. The molecule has 0 radical (unpaired) electrons. The van der Waals surface area contributed by atoms with Gasteiger partial charge in [-0.25, -0.2) is 9.13 Å². The van der Waals surface area contributed by atoms with Gasteiger partial charge in [-0.3, -0.25) is 0 Å². The molecule has 5 heteroatoms. The zero-order chi connectivity index (χ0) is 23.1. The Balaban J connectivity index is 2.37. The van der Waals surface area contributed by atoms with E-state index in [0.717, 1.165) is 51.6 Å². The molecule has 1 rings (SSSR count). The fourth-order valence-electron chi connectivity index (χ4n) is 4.42. The Morgan fingerprint density at radius 3 is 1.50 bits per heavy atom. The lowest BCUT2D eigenvalue weighted by Gasteiger charge is -2.03. The topological polar surface area (TPSA) is 69.5 Å². The van der Waals surface area contributed by atoms with E-state index in [1.165, 1.54) is 89.2 Å². The highest BCUT2D eigenvalue weighted by Crippen LogP contribution is 2.12. The highest BCUT2D eigenvalue weighted by Gasteiger charge is 2.13. The van der Waals surface area contributed by atoms with E-state index in [1.54, 1.807) is 0 Å². The molecule has 5 nitrogen and oxygen atoms in total. The van der Waals surface area contributed by atoms with Gasteiger partial charge in [0, 0.05) is 26.2 Å². The fourth-order valence-corrected chi connectivity index (χ4v) is 4.42. The van der Waals surface area contributed by atoms with Gasteiger partial charge in [-0.15, -0.1) is 0 Å². The molecule has 0 aliphatic carbocycles. The van der Waals surface area contributed by atoms with Gasteiger partial charge in [0.05, 0.1) is 13.1 Å². The number of aliphatic hydroxyl groups is 3. The molecule has 0 unspecified atom stereocenters. The Bertz CT molecular complexity index is 483. The summed E-state index contributed by atoms with van der Waals surface area (Å²) in [5, 5.41) is 26.7. The van der Waals surface area contributed by atoms with Crippen molar-refractivity contribution in [3.8, 4) is 0 Å².